The maximum atomic E-state index is 11.1. The maximum Gasteiger partial charge on any atom is 0.238 e. The summed E-state index contributed by atoms with van der Waals surface area (Å²) in [6.45, 7) is 0. The van der Waals surface area contributed by atoms with E-state index in [0.29, 0.717) is 5.56 Å². The summed E-state index contributed by atoms with van der Waals surface area (Å²) in [6, 6.07) is 3.10. The van der Waals surface area contributed by atoms with Crippen molar-refractivity contribution in [2.45, 2.75) is 6.42 Å². The number of hydrogen-bond acceptors (Lipinski definition) is 5. The normalized spacial score (nSPS) is 9.69. The lowest BCUT2D eigenvalue weighted by molar-refractivity contribution is -0.120. The van der Waals surface area contributed by atoms with Gasteiger partial charge in [-0.2, -0.15) is 0 Å². The minimum absolute atomic E-state index is 0.0868. The molecule has 16 heavy (non-hydrogen) atoms. The molecular weight excluding hydrogens is 212 g/mol. The van der Waals surface area contributed by atoms with Crippen LogP contribution < -0.4 is 20.7 Å². The Hall–Kier alpha value is -1.95. The SMILES string of the molecule is COc1cc(CC(=O)NN)cc(OC)c1O. The number of carbonyl (C=O) groups is 1. The number of nitrogens with two attached hydrogens (primary N) is 1. The molecule has 0 spiro atoms. The van der Waals surface area contributed by atoms with Gasteiger partial charge in [-0.05, 0) is 17.7 Å². The topological polar surface area (TPSA) is 93.8 Å². The second kappa shape index (κ2) is 5.22. The van der Waals surface area contributed by atoms with Crippen LogP contribution in [0, 0.1) is 0 Å². The smallest absolute Gasteiger partial charge is 0.238 e. The molecule has 88 valence electrons. The summed E-state index contributed by atoms with van der Waals surface area (Å²) in [5, 5.41) is 9.63. The predicted molar refractivity (Wildman–Crippen MR) is 57.2 cm³/mol. The number of phenolic OH excluding ortho intramolecular Hbond substituents is 1. The lowest BCUT2D eigenvalue weighted by Crippen LogP contribution is -2.31. The van der Waals surface area contributed by atoms with E-state index in [2.05, 4.69) is 0 Å². The van der Waals surface area contributed by atoms with Gasteiger partial charge in [-0.3, -0.25) is 10.2 Å². The van der Waals surface area contributed by atoms with Gasteiger partial charge >= 0.3 is 0 Å². The van der Waals surface area contributed by atoms with Crippen LogP contribution >= 0.6 is 0 Å². The summed E-state index contributed by atoms with van der Waals surface area (Å²) < 4.78 is 9.90. The second-order valence-corrected chi connectivity index (χ2v) is 3.09. The number of nitrogens with one attached hydrogen (secondary N) is 1. The molecule has 0 heterocycles. The van der Waals surface area contributed by atoms with Crippen molar-refractivity contribution in [2.75, 3.05) is 14.2 Å². The summed E-state index contributed by atoms with van der Waals surface area (Å²) >= 11 is 0. The van der Waals surface area contributed by atoms with Crippen molar-refractivity contribution < 1.29 is 19.4 Å². The fourth-order valence-corrected chi connectivity index (χ4v) is 1.29. The minimum Gasteiger partial charge on any atom is -0.502 e. The number of aromatic hydroxyl groups is 1. The van der Waals surface area contributed by atoms with Crippen LogP contribution in [0.4, 0.5) is 0 Å². The number of amides is 1. The van der Waals surface area contributed by atoms with Gasteiger partial charge in [0, 0.05) is 0 Å². The molecule has 1 aromatic carbocycles. The average molecular weight is 226 g/mol. The number of benzene rings is 1. The van der Waals surface area contributed by atoms with Crippen molar-refractivity contribution in [3.8, 4) is 17.2 Å². The van der Waals surface area contributed by atoms with Crippen LogP contribution in [0.1, 0.15) is 5.56 Å². The Morgan fingerprint density at radius 1 is 1.38 bits per heavy atom. The van der Waals surface area contributed by atoms with Crippen LogP contribution in [-0.4, -0.2) is 25.2 Å². The van der Waals surface area contributed by atoms with Gasteiger partial charge in [0.15, 0.2) is 11.5 Å². The Morgan fingerprint density at radius 3 is 2.25 bits per heavy atom. The summed E-state index contributed by atoms with van der Waals surface area (Å²) in [5.74, 6) is 5.04. The Morgan fingerprint density at radius 2 is 1.88 bits per heavy atom. The van der Waals surface area contributed by atoms with Crippen molar-refractivity contribution >= 4 is 5.91 Å². The Labute approximate surface area is 92.9 Å². The Kier molecular flexibility index (Phi) is 3.96. The zero-order valence-corrected chi connectivity index (χ0v) is 9.11. The van der Waals surface area contributed by atoms with Crippen LogP contribution in [0.3, 0.4) is 0 Å². The maximum absolute atomic E-state index is 11.1. The third kappa shape index (κ3) is 2.54. The number of hydrogen-bond donors (Lipinski definition) is 3. The van der Waals surface area contributed by atoms with E-state index in [-0.39, 0.29) is 29.6 Å². The second-order valence-electron chi connectivity index (χ2n) is 3.09. The molecule has 0 radical (unpaired) electrons. The van der Waals surface area contributed by atoms with Gasteiger partial charge in [0.2, 0.25) is 11.7 Å². The Bertz CT molecular complexity index is 367. The molecule has 0 aliphatic rings. The quantitative estimate of drug-likeness (QED) is 0.380. The largest absolute Gasteiger partial charge is 0.502 e. The van der Waals surface area contributed by atoms with Crippen LogP contribution in [0.2, 0.25) is 0 Å². The van der Waals surface area contributed by atoms with Crippen molar-refractivity contribution in [3.63, 3.8) is 0 Å². The first-order chi connectivity index (χ1) is 7.62. The molecule has 0 fully saturated rings. The zero-order chi connectivity index (χ0) is 12.1. The van der Waals surface area contributed by atoms with Crippen molar-refractivity contribution in [2.24, 2.45) is 5.84 Å². The number of ether oxygens (including phenoxy) is 2. The molecule has 1 aromatic rings. The number of carbonyl (C=O) groups excluding carboxylic acids is 1. The number of phenols is 1. The van der Waals surface area contributed by atoms with E-state index in [1.54, 1.807) is 12.1 Å². The van der Waals surface area contributed by atoms with Gasteiger partial charge in [0.25, 0.3) is 0 Å². The first-order valence-electron chi connectivity index (χ1n) is 4.55. The van der Waals surface area contributed by atoms with Crippen LogP contribution in [0.5, 0.6) is 17.2 Å². The van der Waals surface area contributed by atoms with Crippen LogP contribution in [-0.2, 0) is 11.2 Å². The van der Waals surface area contributed by atoms with Gasteiger partial charge in [0.1, 0.15) is 0 Å². The number of rotatable bonds is 4. The molecule has 6 nitrogen and oxygen atoms in total. The van der Waals surface area contributed by atoms with Crippen LogP contribution in [0.25, 0.3) is 0 Å². The van der Waals surface area contributed by atoms with Gasteiger partial charge in [-0.1, -0.05) is 0 Å². The van der Waals surface area contributed by atoms with E-state index in [0.717, 1.165) is 0 Å². The Balaban J connectivity index is 3.06. The highest BCUT2D eigenvalue weighted by molar-refractivity contribution is 5.78. The number of methoxy groups -OCH3 is 2. The third-order valence-corrected chi connectivity index (χ3v) is 2.07. The van der Waals surface area contributed by atoms with Gasteiger partial charge < -0.3 is 14.6 Å². The lowest BCUT2D eigenvalue weighted by atomic mass is 10.1. The van der Waals surface area contributed by atoms with E-state index in [1.165, 1.54) is 14.2 Å². The summed E-state index contributed by atoms with van der Waals surface area (Å²) in [5.41, 5.74) is 2.65. The molecule has 0 saturated carbocycles. The summed E-state index contributed by atoms with van der Waals surface area (Å²) in [7, 11) is 2.84. The monoisotopic (exact) mass is 226 g/mol. The van der Waals surface area contributed by atoms with E-state index < -0.39 is 0 Å². The van der Waals surface area contributed by atoms with Gasteiger partial charge in [-0.25, -0.2) is 5.84 Å². The molecule has 0 unspecified atom stereocenters. The predicted octanol–water partition coefficient (Wildman–Crippen LogP) is -0.0582. The fraction of sp³-hybridized carbons (Fsp3) is 0.300. The highest BCUT2D eigenvalue weighted by Crippen LogP contribution is 2.37. The fourth-order valence-electron chi connectivity index (χ4n) is 1.29. The molecule has 4 N–H and O–H groups in total. The molecule has 6 heteroatoms. The summed E-state index contributed by atoms with van der Waals surface area (Å²) in [6.07, 6.45) is 0.0868. The minimum atomic E-state index is -0.338. The van der Waals surface area contributed by atoms with Crippen molar-refractivity contribution in [3.05, 3.63) is 17.7 Å². The molecule has 0 bridgehead atoms. The average Bonchev–Trinajstić information content (AvgIpc) is 2.30. The van der Waals surface area contributed by atoms with Crippen molar-refractivity contribution in [1.29, 1.82) is 0 Å². The molecule has 1 rings (SSSR count). The number of hydrazine groups is 1. The van der Waals surface area contributed by atoms with Gasteiger partial charge in [-0.15, -0.1) is 0 Å². The van der Waals surface area contributed by atoms with E-state index in [9.17, 15) is 9.90 Å². The molecule has 0 aliphatic carbocycles. The molecule has 0 aromatic heterocycles. The highest BCUT2D eigenvalue weighted by atomic mass is 16.5. The first-order valence-corrected chi connectivity index (χ1v) is 4.55. The third-order valence-electron chi connectivity index (χ3n) is 2.07. The van der Waals surface area contributed by atoms with Crippen LogP contribution in [0.15, 0.2) is 12.1 Å². The molecule has 0 saturated heterocycles. The van der Waals surface area contributed by atoms with E-state index in [4.69, 9.17) is 15.3 Å². The van der Waals surface area contributed by atoms with E-state index in [1.807, 2.05) is 5.43 Å². The van der Waals surface area contributed by atoms with Crippen molar-refractivity contribution in [1.82, 2.24) is 5.43 Å². The highest BCUT2D eigenvalue weighted by Gasteiger charge is 2.12. The summed E-state index contributed by atoms with van der Waals surface area (Å²) in [4.78, 5) is 11.1. The van der Waals surface area contributed by atoms with Gasteiger partial charge in [0.05, 0.1) is 20.6 Å². The first kappa shape index (κ1) is 12.1. The molecule has 1 amide bonds. The molecule has 0 aliphatic heterocycles. The standard InChI is InChI=1S/C10H14N2O4/c1-15-7-3-6(5-9(13)12-11)4-8(16-2)10(7)14/h3-4,14H,5,11H2,1-2H3,(H,12,13). The molecular formula is C10H14N2O4. The zero-order valence-electron chi connectivity index (χ0n) is 9.11. The van der Waals surface area contributed by atoms with E-state index >= 15 is 0 Å². The lowest BCUT2D eigenvalue weighted by Gasteiger charge is -2.10. The molecule has 0 atom stereocenters.